The Kier molecular flexibility index (Phi) is 7.41. The van der Waals surface area contributed by atoms with Crippen LogP contribution in [0.25, 0.3) is 10.8 Å². The average Bonchev–Trinajstić information content (AvgIpc) is 2.80. The number of halogens is 5. The van der Waals surface area contributed by atoms with Crippen LogP contribution in [0.4, 0.5) is 22.0 Å². The van der Waals surface area contributed by atoms with E-state index in [1.807, 2.05) is 0 Å². The molecule has 3 rings (SSSR count). The fourth-order valence-electron chi connectivity index (χ4n) is 3.14. The van der Waals surface area contributed by atoms with Gasteiger partial charge in [-0.15, -0.1) is 0 Å². The number of carbonyl (C=O) groups excluding carboxylic acids is 2. The Bertz CT molecular complexity index is 1420. The Morgan fingerprint density at radius 3 is 2.17 bits per heavy atom. The smallest absolute Gasteiger partial charge is 0.432 e. The predicted octanol–water partition coefficient (Wildman–Crippen LogP) is 4.30. The zero-order chi connectivity index (χ0) is 26.9. The van der Waals surface area contributed by atoms with Gasteiger partial charge in [0.1, 0.15) is 11.3 Å². The van der Waals surface area contributed by atoms with E-state index >= 15 is 0 Å². The molecule has 3 aromatic carbocycles. The third-order valence-corrected chi connectivity index (χ3v) is 5.79. The summed E-state index contributed by atoms with van der Waals surface area (Å²) in [5, 5.41) is -4.85. The van der Waals surface area contributed by atoms with Crippen LogP contribution >= 0.6 is 0 Å². The highest BCUT2D eigenvalue weighted by Crippen LogP contribution is 2.39. The second-order valence-corrected chi connectivity index (χ2v) is 8.81. The summed E-state index contributed by atoms with van der Waals surface area (Å²) in [5.74, 6) is -3.84. The maximum Gasteiger partial charge on any atom is 0.432 e. The summed E-state index contributed by atoms with van der Waals surface area (Å²) in [7, 11) is -1.14. The first-order chi connectivity index (χ1) is 16.7. The van der Waals surface area contributed by atoms with E-state index in [1.54, 1.807) is 30.3 Å². The molecular weight excluding hydrogens is 514 g/mol. The summed E-state index contributed by atoms with van der Waals surface area (Å²) >= 11 is 0. The van der Waals surface area contributed by atoms with Gasteiger partial charge in [0.15, 0.2) is 0 Å². The molecule has 3 aromatic rings. The Hall–Kier alpha value is -3.52. The van der Waals surface area contributed by atoms with Gasteiger partial charge in [0, 0.05) is 0 Å². The highest BCUT2D eigenvalue weighted by atomic mass is 32.2. The summed E-state index contributed by atoms with van der Waals surface area (Å²) in [5.41, 5.74) is -0.666. The molecule has 14 heteroatoms. The summed E-state index contributed by atoms with van der Waals surface area (Å²) in [6.07, 6.45) is -10.8. The molecule has 2 radical (unpaired) electrons. The first kappa shape index (κ1) is 27.1. The van der Waals surface area contributed by atoms with Crippen molar-refractivity contribution >= 4 is 40.7 Å². The number of ether oxygens (including phenoxy) is 2. The highest BCUT2D eigenvalue weighted by Gasteiger charge is 2.66. The number of fused-ring (bicyclic) bond motifs is 1. The predicted molar refractivity (Wildman–Crippen MR) is 117 cm³/mol. The van der Waals surface area contributed by atoms with Crippen LogP contribution in [-0.4, -0.2) is 50.3 Å². The SMILES string of the molecule is [B]Cc1ccc(C(=O)OC(C(F)(F)F)C(F)(F)S(=O)(=O)O)c(OC(=O)c2cccc3ccccc23)c1. The van der Waals surface area contributed by atoms with E-state index in [1.165, 1.54) is 12.1 Å². The third-order valence-electron chi connectivity index (χ3n) is 4.89. The van der Waals surface area contributed by atoms with Crippen molar-refractivity contribution in [1.82, 2.24) is 0 Å². The van der Waals surface area contributed by atoms with Gasteiger partial charge < -0.3 is 9.47 Å². The third kappa shape index (κ3) is 5.49. The molecule has 0 fully saturated rings. The average molecular weight is 528 g/mol. The molecule has 0 saturated heterocycles. The number of rotatable bonds is 7. The molecule has 0 amide bonds. The van der Waals surface area contributed by atoms with Crippen LogP contribution in [0.15, 0.2) is 60.7 Å². The molecule has 36 heavy (non-hydrogen) atoms. The van der Waals surface area contributed by atoms with Crippen molar-refractivity contribution in [2.75, 3.05) is 0 Å². The van der Waals surface area contributed by atoms with Gasteiger partial charge in [0.05, 0.1) is 13.4 Å². The van der Waals surface area contributed by atoms with E-state index in [0.717, 1.165) is 18.2 Å². The van der Waals surface area contributed by atoms with Crippen LogP contribution in [0.1, 0.15) is 26.3 Å². The van der Waals surface area contributed by atoms with Gasteiger partial charge in [-0.25, -0.2) is 9.59 Å². The molecule has 0 aromatic heterocycles. The lowest BCUT2D eigenvalue weighted by Crippen LogP contribution is -2.52. The van der Waals surface area contributed by atoms with Gasteiger partial charge >= 0.3 is 33.5 Å². The van der Waals surface area contributed by atoms with E-state index in [2.05, 4.69) is 4.74 Å². The first-order valence-electron chi connectivity index (χ1n) is 9.82. The molecule has 0 heterocycles. The van der Waals surface area contributed by atoms with Gasteiger partial charge in [-0.2, -0.15) is 30.4 Å². The number of carbonyl (C=O) groups is 2. The topological polar surface area (TPSA) is 107 Å². The van der Waals surface area contributed by atoms with E-state index in [9.17, 15) is 40.0 Å². The Morgan fingerprint density at radius 2 is 1.56 bits per heavy atom. The molecule has 0 saturated carbocycles. The lowest BCUT2D eigenvalue weighted by atomic mass is 9.95. The van der Waals surface area contributed by atoms with Gasteiger partial charge in [-0.1, -0.05) is 54.3 Å². The van der Waals surface area contributed by atoms with Crippen LogP contribution in [0, 0.1) is 0 Å². The Labute approximate surface area is 202 Å². The van der Waals surface area contributed by atoms with Crippen molar-refractivity contribution in [1.29, 1.82) is 0 Å². The second-order valence-electron chi connectivity index (χ2n) is 7.31. The molecular formula is C22H14BF5O7S. The largest absolute Gasteiger partial charge is 0.441 e. The van der Waals surface area contributed by atoms with Crippen LogP contribution < -0.4 is 4.74 Å². The highest BCUT2D eigenvalue weighted by molar-refractivity contribution is 7.86. The van der Waals surface area contributed by atoms with Crippen LogP contribution in [0.5, 0.6) is 5.75 Å². The summed E-state index contributed by atoms with van der Waals surface area (Å²) in [6, 6.07) is 14.1. The molecule has 0 bridgehead atoms. The minimum absolute atomic E-state index is 0.0108. The van der Waals surface area contributed by atoms with Crippen molar-refractivity contribution in [2.24, 2.45) is 0 Å². The standard InChI is InChI=1S/C22H14BF5O7S/c23-11-12-8-9-16(19(30)35-20(21(24,25)26)22(27,28)36(31,32)33)17(10-12)34-18(29)15-7-3-5-13-4-1-2-6-14(13)15/h1-10,20H,11H2,(H,31,32,33). The molecule has 1 unspecified atom stereocenters. The van der Waals surface area contributed by atoms with Gasteiger partial charge in [0.25, 0.3) is 6.10 Å². The van der Waals surface area contributed by atoms with Crippen LogP contribution in [0.2, 0.25) is 0 Å². The quantitative estimate of drug-likeness (QED) is 0.160. The maximum absolute atomic E-state index is 13.8. The molecule has 0 aliphatic carbocycles. The molecule has 1 atom stereocenters. The molecule has 0 aliphatic heterocycles. The molecule has 7 nitrogen and oxygen atoms in total. The molecule has 0 aliphatic rings. The van der Waals surface area contributed by atoms with Crippen molar-refractivity contribution < 1.29 is 54.0 Å². The number of esters is 2. The number of hydrogen-bond donors (Lipinski definition) is 1. The minimum atomic E-state index is -6.64. The van der Waals surface area contributed by atoms with Crippen molar-refractivity contribution in [3.63, 3.8) is 0 Å². The molecule has 0 spiro atoms. The van der Waals surface area contributed by atoms with Crippen molar-refractivity contribution in [2.45, 2.75) is 23.9 Å². The monoisotopic (exact) mass is 528 g/mol. The first-order valence-corrected chi connectivity index (χ1v) is 11.3. The van der Waals surface area contributed by atoms with E-state index < -0.39 is 50.9 Å². The summed E-state index contributed by atoms with van der Waals surface area (Å²) in [4.78, 5) is 25.3. The number of benzene rings is 3. The Morgan fingerprint density at radius 1 is 0.917 bits per heavy atom. The summed E-state index contributed by atoms with van der Waals surface area (Å²) < 4.78 is 106. The minimum Gasteiger partial charge on any atom is -0.441 e. The van der Waals surface area contributed by atoms with Gasteiger partial charge in [-0.3, -0.25) is 4.55 Å². The van der Waals surface area contributed by atoms with Crippen molar-refractivity contribution in [3.8, 4) is 5.75 Å². The lowest BCUT2D eigenvalue weighted by Gasteiger charge is -2.26. The molecule has 188 valence electrons. The van der Waals surface area contributed by atoms with E-state index in [0.29, 0.717) is 10.8 Å². The summed E-state index contributed by atoms with van der Waals surface area (Å²) in [6.45, 7) is 0. The van der Waals surface area contributed by atoms with E-state index in [4.69, 9.17) is 17.1 Å². The lowest BCUT2D eigenvalue weighted by molar-refractivity contribution is -0.248. The molecule has 1 N–H and O–H groups in total. The van der Waals surface area contributed by atoms with Crippen molar-refractivity contribution in [3.05, 3.63) is 77.4 Å². The van der Waals surface area contributed by atoms with Gasteiger partial charge in [-0.05, 0) is 29.0 Å². The second kappa shape index (κ2) is 9.86. The fraction of sp³-hybridized carbons (Fsp3) is 0.182. The van der Waals surface area contributed by atoms with Crippen LogP contribution in [-0.2, 0) is 21.2 Å². The zero-order valence-corrected chi connectivity index (χ0v) is 18.6. The number of hydrogen-bond acceptors (Lipinski definition) is 6. The van der Waals surface area contributed by atoms with E-state index in [-0.39, 0.29) is 17.4 Å². The van der Waals surface area contributed by atoms with Crippen LogP contribution in [0.3, 0.4) is 0 Å². The Balaban J connectivity index is 2.01. The number of alkyl halides is 5. The fourth-order valence-corrected chi connectivity index (χ4v) is 3.59. The van der Waals surface area contributed by atoms with Gasteiger partial charge in [0.2, 0.25) is 0 Å². The zero-order valence-electron chi connectivity index (χ0n) is 17.8. The maximum atomic E-state index is 13.8. The normalized spacial score (nSPS) is 13.3.